The molecule has 0 aliphatic heterocycles. The minimum Gasteiger partial charge on any atom is -0.494 e. The van der Waals surface area contributed by atoms with Gasteiger partial charge in [0.25, 0.3) is 0 Å². The van der Waals surface area contributed by atoms with Crippen molar-refractivity contribution < 1.29 is 19.0 Å². The summed E-state index contributed by atoms with van der Waals surface area (Å²) in [6, 6.07) is 4.96. The first-order valence-electron chi connectivity index (χ1n) is 5.18. The summed E-state index contributed by atoms with van der Waals surface area (Å²) in [5.74, 6) is -0.496. The standard InChI is InChI=1S/C12H15FO3S/c1-8(12(14)15)6-17-7-9-4-3-5-10(16-2)11(9)13/h3-5,8H,6-7H2,1-2H3,(H,14,15). The molecule has 17 heavy (non-hydrogen) atoms. The van der Waals surface area contributed by atoms with Crippen molar-refractivity contribution in [3.05, 3.63) is 29.6 Å². The van der Waals surface area contributed by atoms with Gasteiger partial charge in [0.1, 0.15) is 0 Å². The highest BCUT2D eigenvalue weighted by atomic mass is 32.2. The molecule has 0 bridgehead atoms. The van der Waals surface area contributed by atoms with Gasteiger partial charge in [-0.2, -0.15) is 11.8 Å². The molecule has 0 heterocycles. The van der Waals surface area contributed by atoms with Crippen LogP contribution < -0.4 is 4.74 Å². The molecule has 0 saturated carbocycles. The van der Waals surface area contributed by atoms with Crippen molar-refractivity contribution >= 4 is 17.7 Å². The van der Waals surface area contributed by atoms with Gasteiger partial charge in [-0.15, -0.1) is 0 Å². The van der Waals surface area contributed by atoms with E-state index < -0.39 is 11.9 Å². The van der Waals surface area contributed by atoms with E-state index in [9.17, 15) is 9.18 Å². The Bertz CT molecular complexity index is 395. The molecule has 0 amide bonds. The lowest BCUT2D eigenvalue weighted by Crippen LogP contribution is -2.11. The minimum atomic E-state index is -0.830. The quantitative estimate of drug-likeness (QED) is 0.852. The largest absolute Gasteiger partial charge is 0.494 e. The fourth-order valence-electron chi connectivity index (χ4n) is 1.24. The fourth-order valence-corrected chi connectivity index (χ4v) is 2.30. The summed E-state index contributed by atoms with van der Waals surface area (Å²) < 4.78 is 18.6. The minimum absolute atomic E-state index is 0.217. The third-order valence-electron chi connectivity index (χ3n) is 2.31. The van der Waals surface area contributed by atoms with Gasteiger partial charge in [0.2, 0.25) is 0 Å². The van der Waals surface area contributed by atoms with E-state index >= 15 is 0 Å². The maximum atomic E-state index is 13.7. The predicted molar refractivity (Wildman–Crippen MR) is 65.9 cm³/mol. The first-order valence-corrected chi connectivity index (χ1v) is 6.33. The van der Waals surface area contributed by atoms with Gasteiger partial charge < -0.3 is 9.84 Å². The van der Waals surface area contributed by atoms with Crippen LogP contribution in [-0.4, -0.2) is 23.9 Å². The fraction of sp³-hybridized carbons (Fsp3) is 0.417. The molecule has 0 aromatic heterocycles. The summed E-state index contributed by atoms with van der Waals surface area (Å²) in [4.78, 5) is 10.6. The first-order chi connectivity index (χ1) is 8.06. The van der Waals surface area contributed by atoms with E-state index in [0.717, 1.165) is 0 Å². The van der Waals surface area contributed by atoms with E-state index in [0.29, 0.717) is 17.1 Å². The molecule has 0 aliphatic rings. The second-order valence-electron chi connectivity index (χ2n) is 3.69. The molecule has 1 aromatic carbocycles. The molecule has 0 radical (unpaired) electrons. The van der Waals surface area contributed by atoms with Crippen LogP contribution in [0.25, 0.3) is 0 Å². The molecular weight excluding hydrogens is 243 g/mol. The Morgan fingerprint density at radius 1 is 1.59 bits per heavy atom. The van der Waals surface area contributed by atoms with Gasteiger partial charge in [0, 0.05) is 17.1 Å². The molecule has 0 spiro atoms. The molecule has 1 N–H and O–H groups in total. The summed E-state index contributed by atoms with van der Waals surface area (Å²) in [5.41, 5.74) is 0.534. The average molecular weight is 258 g/mol. The number of benzene rings is 1. The number of hydrogen-bond donors (Lipinski definition) is 1. The number of carbonyl (C=O) groups is 1. The number of carboxylic acid groups (broad SMARTS) is 1. The Labute approximate surface area is 104 Å². The molecule has 1 aromatic rings. The van der Waals surface area contributed by atoms with Crippen molar-refractivity contribution in [3.8, 4) is 5.75 Å². The molecule has 5 heteroatoms. The van der Waals surface area contributed by atoms with E-state index in [-0.39, 0.29) is 11.6 Å². The van der Waals surface area contributed by atoms with Crippen molar-refractivity contribution in [1.29, 1.82) is 0 Å². The van der Waals surface area contributed by atoms with Crippen molar-refractivity contribution in [1.82, 2.24) is 0 Å². The molecule has 1 unspecified atom stereocenters. The van der Waals surface area contributed by atoms with Gasteiger partial charge in [-0.05, 0) is 6.07 Å². The Hall–Kier alpha value is -1.23. The molecular formula is C12H15FO3S. The third kappa shape index (κ3) is 3.93. The number of methoxy groups -OCH3 is 1. The molecule has 0 aliphatic carbocycles. The zero-order chi connectivity index (χ0) is 12.8. The first kappa shape index (κ1) is 13.8. The van der Waals surface area contributed by atoms with Crippen LogP contribution >= 0.6 is 11.8 Å². The van der Waals surface area contributed by atoms with Crippen LogP contribution in [0.2, 0.25) is 0 Å². The monoisotopic (exact) mass is 258 g/mol. The molecule has 94 valence electrons. The summed E-state index contributed by atoms with van der Waals surface area (Å²) in [5, 5.41) is 8.71. The van der Waals surface area contributed by atoms with Crippen molar-refractivity contribution in [2.45, 2.75) is 12.7 Å². The van der Waals surface area contributed by atoms with Crippen molar-refractivity contribution in [3.63, 3.8) is 0 Å². The average Bonchev–Trinajstić information content (AvgIpc) is 2.31. The number of carboxylic acids is 1. The Balaban J connectivity index is 2.55. The zero-order valence-electron chi connectivity index (χ0n) is 9.77. The van der Waals surface area contributed by atoms with E-state index in [4.69, 9.17) is 9.84 Å². The summed E-state index contributed by atoms with van der Waals surface area (Å²) in [7, 11) is 1.42. The number of ether oxygens (including phenoxy) is 1. The van der Waals surface area contributed by atoms with E-state index in [2.05, 4.69) is 0 Å². The Morgan fingerprint density at radius 3 is 2.88 bits per heavy atom. The topological polar surface area (TPSA) is 46.5 Å². The maximum absolute atomic E-state index is 13.7. The van der Waals surface area contributed by atoms with Gasteiger partial charge in [-0.25, -0.2) is 4.39 Å². The number of rotatable bonds is 6. The normalized spacial score (nSPS) is 12.2. The summed E-state index contributed by atoms with van der Waals surface area (Å²) in [6.07, 6.45) is 0. The number of hydrogen-bond acceptors (Lipinski definition) is 3. The van der Waals surface area contributed by atoms with Gasteiger partial charge in [-0.1, -0.05) is 19.1 Å². The lowest BCUT2D eigenvalue weighted by atomic mass is 10.2. The number of thioether (sulfide) groups is 1. The molecule has 1 rings (SSSR count). The van der Waals surface area contributed by atoms with E-state index in [1.807, 2.05) is 0 Å². The summed E-state index contributed by atoms with van der Waals surface area (Å²) >= 11 is 1.40. The zero-order valence-corrected chi connectivity index (χ0v) is 10.6. The van der Waals surface area contributed by atoms with Crippen molar-refractivity contribution in [2.24, 2.45) is 5.92 Å². The van der Waals surface area contributed by atoms with Crippen LogP contribution in [0.5, 0.6) is 5.75 Å². The van der Waals surface area contributed by atoms with Gasteiger partial charge >= 0.3 is 5.97 Å². The third-order valence-corrected chi connectivity index (χ3v) is 3.56. The van der Waals surface area contributed by atoms with Crippen LogP contribution in [0, 0.1) is 11.7 Å². The molecule has 0 saturated heterocycles. The lowest BCUT2D eigenvalue weighted by Gasteiger charge is -2.08. The second kappa shape index (κ2) is 6.49. The van der Waals surface area contributed by atoms with Crippen LogP contribution in [0.15, 0.2) is 18.2 Å². The Morgan fingerprint density at radius 2 is 2.29 bits per heavy atom. The van der Waals surface area contributed by atoms with Gasteiger partial charge in [0.05, 0.1) is 13.0 Å². The predicted octanol–water partition coefficient (Wildman–Crippen LogP) is 2.79. The lowest BCUT2D eigenvalue weighted by molar-refractivity contribution is -0.140. The Kier molecular flexibility index (Phi) is 5.28. The van der Waals surface area contributed by atoms with E-state index in [1.54, 1.807) is 25.1 Å². The highest BCUT2D eigenvalue weighted by Crippen LogP contribution is 2.24. The van der Waals surface area contributed by atoms with Crippen LogP contribution in [0.4, 0.5) is 4.39 Å². The summed E-state index contributed by atoms with van der Waals surface area (Å²) in [6.45, 7) is 1.64. The van der Waals surface area contributed by atoms with Crippen LogP contribution in [-0.2, 0) is 10.5 Å². The molecule has 3 nitrogen and oxygen atoms in total. The number of halogens is 1. The van der Waals surface area contributed by atoms with Gasteiger partial charge in [-0.3, -0.25) is 4.79 Å². The van der Waals surface area contributed by atoms with Crippen LogP contribution in [0.1, 0.15) is 12.5 Å². The molecule has 0 fully saturated rings. The highest BCUT2D eigenvalue weighted by molar-refractivity contribution is 7.98. The smallest absolute Gasteiger partial charge is 0.307 e. The van der Waals surface area contributed by atoms with Crippen molar-refractivity contribution in [2.75, 3.05) is 12.9 Å². The maximum Gasteiger partial charge on any atom is 0.307 e. The number of aliphatic carboxylic acids is 1. The molecule has 1 atom stereocenters. The van der Waals surface area contributed by atoms with E-state index in [1.165, 1.54) is 18.9 Å². The van der Waals surface area contributed by atoms with Gasteiger partial charge in [0.15, 0.2) is 11.6 Å². The second-order valence-corrected chi connectivity index (χ2v) is 4.72. The SMILES string of the molecule is COc1cccc(CSCC(C)C(=O)O)c1F. The van der Waals surface area contributed by atoms with Crippen LogP contribution in [0.3, 0.4) is 0 Å². The highest BCUT2D eigenvalue weighted by Gasteiger charge is 2.12.